The van der Waals surface area contributed by atoms with Gasteiger partial charge in [-0.25, -0.2) is 10.0 Å². The van der Waals surface area contributed by atoms with E-state index in [1.165, 1.54) is 25.3 Å². The van der Waals surface area contributed by atoms with Crippen LogP contribution in [0.1, 0.15) is 89.5 Å². The van der Waals surface area contributed by atoms with Gasteiger partial charge < -0.3 is 25.5 Å². The SMILES string of the molecule is CCCCC[C@@H](O)C=C[C@@H]1CCC(=O)[C@@H]1CCCCCCC(=O)N[C@H](Cc1ccc(O)c([NH+]([O-])O)c1)C(=O)OC. The molecule has 2 rings (SSSR count). The Morgan fingerprint density at radius 2 is 1.95 bits per heavy atom. The third-order valence-corrected chi connectivity index (χ3v) is 7.56. The molecule has 0 aromatic heterocycles. The highest BCUT2D eigenvalue weighted by atomic mass is 16.8. The molecule has 0 radical (unpaired) electrons. The number of rotatable bonds is 18. The van der Waals surface area contributed by atoms with Crippen molar-refractivity contribution in [1.29, 1.82) is 0 Å². The lowest BCUT2D eigenvalue weighted by molar-refractivity contribution is -0.991. The lowest BCUT2D eigenvalue weighted by Gasteiger charge is -2.18. The van der Waals surface area contributed by atoms with Crippen molar-refractivity contribution in [1.82, 2.24) is 5.32 Å². The van der Waals surface area contributed by atoms with Crippen molar-refractivity contribution in [3.63, 3.8) is 0 Å². The predicted molar refractivity (Wildman–Crippen MR) is 150 cm³/mol. The maximum Gasteiger partial charge on any atom is 0.328 e. The Morgan fingerprint density at radius 3 is 2.65 bits per heavy atom. The molecule has 1 fully saturated rings. The third-order valence-electron chi connectivity index (χ3n) is 7.56. The van der Waals surface area contributed by atoms with Crippen molar-refractivity contribution >= 4 is 23.3 Å². The number of carbonyl (C=O) groups excluding carboxylic acids is 3. The van der Waals surface area contributed by atoms with Crippen LogP contribution >= 0.6 is 0 Å². The summed E-state index contributed by atoms with van der Waals surface area (Å²) in [6.07, 6.45) is 13.1. The Hall–Kier alpha value is -2.79. The van der Waals surface area contributed by atoms with Gasteiger partial charge in [-0.05, 0) is 43.2 Å². The number of phenols is 1. The van der Waals surface area contributed by atoms with Gasteiger partial charge in [0.1, 0.15) is 11.8 Å². The van der Waals surface area contributed by atoms with Crippen LogP contribution in [0.15, 0.2) is 30.4 Å². The smallest absolute Gasteiger partial charge is 0.328 e. The lowest BCUT2D eigenvalue weighted by atomic mass is 9.89. The minimum Gasteiger partial charge on any atom is -0.595 e. The van der Waals surface area contributed by atoms with E-state index in [0.717, 1.165) is 57.8 Å². The van der Waals surface area contributed by atoms with E-state index in [4.69, 9.17) is 4.74 Å². The number of nitrogens with one attached hydrogen (secondary N) is 2. The van der Waals surface area contributed by atoms with Crippen LogP contribution in [0.5, 0.6) is 5.75 Å². The second kappa shape index (κ2) is 17.8. The van der Waals surface area contributed by atoms with Crippen LogP contribution in [-0.2, 0) is 25.5 Å². The fraction of sp³-hybridized carbons (Fsp3) is 0.633. The van der Waals surface area contributed by atoms with Gasteiger partial charge in [-0.1, -0.05) is 63.7 Å². The van der Waals surface area contributed by atoms with Gasteiger partial charge in [0.25, 0.3) is 0 Å². The first-order valence-corrected chi connectivity index (χ1v) is 14.5. The molecule has 10 heteroatoms. The molecular formula is C30H46N2O8. The van der Waals surface area contributed by atoms with Gasteiger partial charge in [0, 0.05) is 31.2 Å². The Balaban J connectivity index is 1.74. The molecule has 224 valence electrons. The minimum absolute atomic E-state index is 0.00440. The molecule has 40 heavy (non-hydrogen) atoms. The van der Waals surface area contributed by atoms with E-state index in [1.54, 1.807) is 0 Å². The highest BCUT2D eigenvalue weighted by Gasteiger charge is 2.32. The topological polar surface area (TPSA) is 161 Å². The maximum absolute atomic E-state index is 12.5. The quantitative estimate of drug-likeness (QED) is 0.0598. The maximum atomic E-state index is 12.5. The van der Waals surface area contributed by atoms with Crippen molar-refractivity contribution in [2.24, 2.45) is 11.8 Å². The fourth-order valence-electron chi connectivity index (χ4n) is 5.23. The zero-order chi connectivity index (χ0) is 29.5. The number of carbonyl (C=O) groups is 3. The summed E-state index contributed by atoms with van der Waals surface area (Å²) in [4.78, 5) is 37.1. The molecule has 1 amide bonds. The number of aliphatic hydroxyl groups excluding tert-OH is 1. The molecule has 1 unspecified atom stereocenters. The largest absolute Gasteiger partial charge is 0.595 e. The predicted octanol–water partition coefficient (Wildman–Crippen LogP) is 3.43. The number of quaternary nitrogens is 1. The number of amides is 1. The standard InChI is InChI=1S/C30H46N2O8/c1-3-4-7-10-23(33)16-14-22-15-18-27(34)24(22)11-8-5-6-9-12-29(36)31-25(30(37)40-2)19-21-13-17-28(35)26(20-21)32(38)39/h13-14,16-17,20,22-25,32-33,35,38H,3-12,15,18-19H2,1-2H3,(H,31,36)/t22-,23-,24-,25-/m1/s1. The number of benzene rings is 1. The number of Topliss-reactive ketones (excluding diaryl/α,β-unsaturated/α-hetero) is 1. The zero-order valence-electron chi connectivity index (χ0n) is 23.8. The van der Waals surface area contributed by atoms with Crippen LogP contribution in [0.25, 0.3) is 0 Å². The van der Waals surface area contributed by atoms with Gasteiger partial charge in [0.05, 0.1) is 13.2 Å². The average Bonchev–Trinajstić information content (AvgIpc) is 3.28. The van der Waals surface area contributed by atoms with E-state index >= 15 is 0 Å². The van der Waals surface area contributed by atoms with Crippen molar-refractivity contribution < 1.29 is 39.8 Å². The summed E-state index contributed by atoms with van der Waals surface area (Å²) in [5.74, 6) is -0.833. The highest BCUT2D eigenvalue weighted by molar-refractivity contribution is 5.85. The van der Waals surface area contributed by atoms with Crippen molar-refractivity contribution in [2.75, 3.05) is 7.11 Å². The third kappa shape index (κ3) is 11.4. The van der Waals surface area contributed by atoms with E-state index in [1.807, 2.05) is 12.2 Å². The number of esters is 1. The molecule has 0 aliphatic heterocycles. The van der Waals surface area contributed by atoms with Gasteiger partial charge in [-0.2, -0.15) is 5.23 Å². The molecule has 0 saturated heterocycles. The number of ether oxygens (including phenoxy) is 1. The van der Waals surface area contributed by atoms with Crippen LogP contribution in [-0.4, -0.2) is 52.3 Å². The molecule has 5 atom stereocenters. The molecule has 0 heterocycles. The monoisotopic (exact) mass is 562 g/mol. The first kappa shape index (κ1) is 33.4. The number of aromatic hydroxyl groups is 1. The number of hydrogen-bond acceptors (Lipinski definition) is 8. The summed E-state index contributed by atoms with van der Waals surface area (Å²) in [5, 5.41) is 41.7. The molecule has 1 saturated carbocycles. The Bertz CT molecular complexity index is 980. The first-order chi connectivity index (χ1) is 19.2. The normalized spacial score (nSPS) is 19.5. The number of allylic oxidation sites excluding steroid dienone is 1. The Labute approximate surface area is 236 Å². The van der Waals surface area contributed by atoms with Gasteiger partial charge in [0.2, 0.25) is 11.6 Å². The van der Waals surface area contributed by atoms with Crippen LogP contribution in [0.3, 0.4) is 0 Å². The first-order valence-electron chi connectivity index (χ1n) is 14.5. The molecule has 10 nitrogen and oxygen atoms in total. The Morgan fingerprint density at radius 1 is 1.20 bits per heavy atom. The van der Waals surface area contributed by atoms with Crippen LogP contribution in [0, 0.1) is 17.0 Å². The van der Waals surface area contributed by atoms with E-state index in [9.17, 15) is 35.0 Å². The summed E-state index contributed by atoms with van der Waals surface area (Å²) < 4.78 is 4.80. The van der Waals surface area contributed by atoms with E-state index in [2.05, 4.69) is 12.2 Å². The summed E-state index contributed by atoms with van der Waals surface area (Å²) in [7, 11) is 1.21. The molecule has 1 aromatic carbocycles. The Kier molecular flexibility index (Phi) is 14.9. The van der Waals surface area contributed by atoms with Crippen LogP contribution in [0.4, 0.5) is 5.69 Å². The zero-order valence-corrected chi connectivity index (χ0v) is 23.8. The molecule has 1 aromatic rings. The van der Waals surface area contributed by atoms with Gasteiger partial charge in [-0.3, -0.25) is 9.59 Å². The van der Waals surface area contributed by atoms with Crippen molar-refractivity contribution in [3.05, 3.63) is 41.1 Å². The summed E-state index contributed by atoms with van der Waals surface area (Å²) in [5.41, 5.74) is 0.181. The fourth-order valence-corrected chi connectivity index (χ4v) is 5.23. The molecule has 0 spiro atoms. The molecule has 5 N–H and O–H groups in total. The molecule has 1 aliphatic rings. The second-order valence-corrected chi connectivity index (χ2v) is 10.7. The van der Waals surface area contributed by atoms with Crippen molar-refractivity contribution in [2.45, 2.75) is 103 Å². The van der Waals surface area contributed by atoms with Gasteiger partial charge >= 0.3 is 5.97 Å². The number of unbranched alkanes of at least 4 members (excludes halogenated alkanes) is 5. The minimum atomic E-state index is -1.29. The van der Waals surface area contributed by atoms with Crippen molar-refractivity contribution in [3.8, 4) is 5.75 Å². The summed E-state index contributed by atoms with van der Waals surface area (Å²) in [6.45, 7) is 2.13. The molecule has 1 aliphatic carbocycles. The highest BCUT2D eigenvalue weighted by Crippen LogP contribution is 2.34. The summed E-state index contributed by atoms with van der Waals surface area (Å²) in [6, 6.07) is 3.03. The summed E-state index contributed by atoms with van der Waals surface area (Å²) >= 11 is 0. The van der Waals surface area contributed by atoms with Crippen LogP contribution in [0.2, 0.25) is 0 Å². The number of aliphatic hydroxyl groups is 1. The van der Waals surface area contributed by atoms with Gasteiger partial charge in [-0.15, -0.1) is 0 Å². The van der Waals surface area contributed by atoms with E-state index in [-0.39, 0.29) is 42.0 Å². The van der Waals surface area contributed by atoms with E-state index in [0.29, 0.717) is 24.2 Å². The number of methoxy groups -OCH3 is 1. The van der Waals surface area contributed by atoms with E-state index < -0.39 is 23.3 Å². The average molecular weight is 563 g/mol. The van der Waals surface area contributed by atoms with Crippen LogP contribution < -0.4 is 10.5 Å². The second-order valence-electron chi connectivity index (χ2n) is 10.7. The number of phenolic OH excluding ortho intramolecular Hbond substituents is 1. The lowest BCUT2D eigenvalue weighted by Crippen LogP contribution is -2.99. The van der Waals surface area contributed by atoms with Gasteiger partial charge in [0.15, 0.2) is 5.75 Å². The number of ketones is 1. The molecule has 0 bridgehead atoms. The number of hydrogen-bond donors (Lipinski definition) is 5. The molecular weight excluding hydrogens is 516 g/mol.